The Morgan fingerprint density at radius 3 is 2.60 bits per heavy atom. The first-order chi connectivity index (χ1) is 9.54. The van der Waals surface area contributed by atoms with Crippen LogP contribution in [0, 0.1) is 18.7 Å². The minimum Gasteiger partial charge on any atom is -0.355 e. The van der Waals surface area contributed by atoms with Crippen LogP contribution in [0.15, 0.2) is 30.5 Å². The van der Waals surface area contributed by atoms with Crippen molar-refractivity contribution in [2.75, 3.05) is 11.9 Å². The van der Waals surface area contributed by atoms with E-state index in [9.17, 15) is 4.39 Å². The molecule has 108 valence electrons. The van der Waals surface area contributed by atoms with Crippen molar-refractivity contribution in [2.45, 2.75) is 33.7 Å². The molecule has 0 spiro atoms. The molecular weight excluding hydrogens is 253 g/mol. The molecule has 0 bridgehead atoms. The number of anilines is 1. The lowest BCUT2D eigenvalue weighted by atomic mass is 10.1. The van der Waals surface area contributed by atoms with Gasteiger partial charge in [0.05, 0.1) is 5.69 Å². The van der Waals surface area contributed by atoms with Crippen molar-refractivity contribution in [3.05, 3.63) is 47.5 Å². The summed E-state index contributed by atoms with van der Waals surface area (Å²) in [5, 5.41) is 3.37. The van der Waals surface area contributed by atoms with Crippen LogP contribution >= 0.6 is 0 Å². The molecule has 0 saturated carbocycles. The van der Waals surface area contributed by atoms with Gasteiger partial charge in [0.25, 0.3) is 0 Å². The number of benzene rings is 1. The second-order valence-corrected chi connectivity index (χ2v) is 5.55. The van der Waals surface area contributed by atoms with E-state index in [1.54, 1.807) is 0 Å². The van der Waals surface area contributed by atoms with Crippen molar-refractivity contribution in [2.24, 2.45) is 5.92 Å². The lowest BCUT2D eigenvalue weighted by Gasteiger charge is -2.11. The standard InChI is InChI=1S/C16H22FN3/c1-12(2)10-18-16-19-13(3)11-20(16)9-8-14-4-6-15(17)7-5-14/h4-7,11-12H,8-10H2,1-3H3,(H,18,19). The lowest BCUT2D eigenvalue weighted by Crippen LogP contribution is -2.13. The SMILES string of the molecule is Cc1cn(CCc2ccc(F)cc2)c(NCC(C)C)n1. The Morgan fingerprint density at radius 1 is 1.25 bits per heavy atom. The smallest absolute Gasteiger partial charge is 0.203 e. The maximum atomic E-state index is 12.9. The van der Waals surface area contributed by atoms with Crippen molar-refractivity contribution in [3.63, 3.8) is 0 Å². The fourth-order valence-electron chi connectivity index (χ4n) is 2.05. The molecule has 1 aromatic carbocycles. The van der Waals surface area contributed by atoms with Crippen LogP contribution in [0.3, 0.4) is 0 Å². The van der Waals surface area contributed by atoms with E-state index < -0.39 is 0 Å². The highest BCUT2D eigenvalue weighted by Crippen LogP contribution is 2.12. The third-order valence-corrected chi connectivity index (χ3v) is 3.12. The van der Waals surface area contributed by atoms with Crippen LogP contribution in [0.4, 0.5) is 10.3 Å². The molecule has 1 N–H and O–H groups in total. The minimum atomic E-state index is -0.188. The Kier molecular flexibility index (Phi) is 4.77. The lowest BCUT2D eigenvalue weighted by molar-refractivity contribution is 0.625. The van der Waals surface area contributed by atoms with Crippen LogP contribution < -0.4 is 5.32 Å². The number of aryl methyl sites for hydroxylation is 3. The Balaban J connectivity index is 1.99. The van der Waals surface area contributed by atoms with Gasteiger partial charge in [0, 0.05) is 19.3 Å². The molecule has 20 heavy (non-hydrogen) atoms. The van der Waals surface area contributed by atoms with Gasteiger partial charge in [0.2, 0.25) is 5.95 Å². The molecule has 0 saturated heterocycles. The maximum absolute atomic E-state index is 12.9. The number of aromatic nitrogens is 2. The van der Waals surface area contributed by atoms with Crippen LogP contribution in [-0.4, -0.2) is 16.1 Å². The van der Waals surface area contributed by atoms with E-state index in [4.69, 9.17) is 0 Å². The van der Waals surface area contributed by atoms with E-state index in [2.05, 4.69) is 28.7 Å². The van der Waals surface area contributed by atoms with E-state index >= 15 is 0 Å². The van der Waals surface area contributed by atoms with Crippen molar-refractivity contribution < 1.29 is 4.39 Å². The summed E-state index contributed by atoms with van der Waals surface area (Å²) in [6, 6.07) is 6.68. The topological polar surface area (TPSA) is 29.9 Å². The number of nitrogens with one attached hydrogen (secondary N) is 1. The number of hydrogen-bond acceptors (Lipinski definition) is 2. The van der Waals surface area contributed by atoms with Gasteiger partial charge in [-0.05, 0) is 37.0 Å². The maximum Gasteiger partial charge on any atom is 0.203 e. The molecular formula is C16H22FN3. The molecule has 0 aliphatic heterocycles. The second-order valence-electron chi connectivity index (χ2n) is 5.55. The summed E-state index contributed by atoms with van der Waals surface area (Å²) >= 11 is 0. The molecule has 3 nitrogen and oxygen atoms in total. The predicted octanol–water partition coefficient (Wildman–Crippen LogP) is 3.64. The van der Waals surface area contributed by atoms with Crippen molar-refractivity contribution in [1.82, 2.24) is 9.55 Å². The van der Waals surface area contributed by atoms with Crippen LogP contribution in [0.5, 0.6) is 0 Å². The van der Waals surface area contributed by atoms with E-state index in [0.717, 1.165) is 36.7 Å². The molecule has 0 unspecified atom stereocenters. The average molecular weight is 275 g/mol. The molecule has 0 aliphatic rings. The second kappa shape index (κ2) is 6.55. The Labute approximate surface area is 119 Å². The molecule has 2 rings (SSSR count). The van der Waals surface area contributed by atoms with E-state index in [0.29, 0.717) is 5.92 Å². The van der Waals surface area contributed by atoms with Gasteiger partial charge in [0.1, 0.15) is 5.82 Å². The van der Waals surface area contributed by atoms with Gasteiger partial charge < -0.3 is 9.88 Å². The summed E-state index contributed by atoms with van der Waals surface area (Å²) < 4.78 is 15.0. The minimum absolute atomic E-state index is 0.188. The van der Waals surface area contributed by atoms with Gasteiger partial charge in [-0.3, -0.25) is 0 Å². The summed E-state index contributed by atoms with van der Waals surface area (Å²) in [4.78, 5) is 4.50. The van der Waals surface area contributed by atoms with E-state index in [1.807, 2.05) is 25.3 Å². The van der Waals surface area contributed by atoms with Crippen LogP contribution in [0.25, 0.3) is 0 Å². The number of hydrogen-bond donors (Lipinski definition) is 1. The number of rotatable bonds is 6. The number of halogens is 1. The molecule has 0 radical (unpaired) electrons. The van der Waals surface area contributed by atoms with Gasteiger partial charge in [-0.15, -0.1) is 0 Å². The summed E-state index contributed by atoms with van der Waals surface area (Å²) in [5.41, 5.74) is 2.14. The molecule has 0 atom stereocenters. The Bertz CT molecular complexity index is 543. The number of imidazole rings is 1. The van der Waals surface area contributed by atoms with Crippen molar-refractivity contribution in [3.8, 4) is 0 Å². The molecule has 4 heteroatoms. The number of nitrogens with zero attached hydrogens (tertiary/aromatic N) is 2. The average Bonchev–Trinajstić information content (AvgIpc) is 2.76. The zero-order chi connectivity index (χ0) is 14.5. The highest BCUT2D eigenvalue weighted by molar-refractivity contribution is 5.29. The van der Waals surface area contributed by atoms with E-state index in [1.165, 1.54) is 12.1 Å². The summed E-state index contributed by atoms with van der Waals surface area (Å²) in [7, 11) is 0. The molecule has 0 amide bonds. The Hall–Kier alpha value is -1.84. The normalized spacial score (nSPS) is 11.1. The van der Waals surface area contributed by atoms with Crippen LogP contribution in [0.1, 0.15) is 25.1 Å². The fourth-order valence-corrected chi connectivity index (χ4v) is 2.05. The van der Waals surface area contributed by atoms with Crippen molar-refractivity contribution in [1.29, 1.82) is 0 Å². The van der Waals surface area contributed by atoms with Gasteiger partial charge in [-0.25, -0.2) is 9.37 Å². The molecule has 1 aromatic heterocycles. The first-order valence-electron chi connectivity index (χ1n) is 7.06. The van der Waals surface area contributed by atoms with Crippen molar-refractivity contribution >= 4 is 5.95 Å². The zero-order valence-electron chi connectivity index (χ0n) is 12.4. The third-order valence-electron chi connectivity index (χ3n) is 3.12. The van der Waals surface area contributed by atoms with Gasteiger partial charge >= 0.3 is 0 Å². The Morgan fingerprint density at radius 2 is 1.95 bits per heavy atom. The zero-order valence-corrected chi connectivity index (χ0v) is 12.4. The molecule has 0 fully saturated rings. The van der Waals surface area contributed by atoms with Gasteiger partial charge in [0.15, 0.2) is 0 Å². The molecule has 1 heterocycles. The third kappa shape index (κ3) is 4.08. The fraction of sp³-hybridized carbons (Fsp3) is 0.438. The van der Waals surface area contributed by atoms with E-state index in [-0.39, 0.29) is 5.82 Å². The van der Waals surface area contributed by atoms with Crippen LogP contribution in [-0.2, 0) is 13.0 Å². The molecule has 0 aliphatic carbocycles. The highest BCUT2D eigenvalue weighted by Gasteiger charge is 2.06. The first-order valence-corrected chi connectivity index (χ1v) is 7.06. The summed E-state index contributed by atoms with van der Waals surface area (Å²) in [6.07, 6.45) is 2.92. The quantitative estimate of drug-likeness (QED) is 0.872. The largest absolute Gasteiger partial charge is 0.355 e. The summed E-state index contributed by atoms with van der Waals surface area (Å²) in [5.74, 6) is 1.31. The highest BCUT2D eigenvalue weighted by atomic mass is 19.1. The van der Waals surface area contributed by atoms with Gasteiger partial charge in [-0.2, -0.15) is 0 Å². The van der Waals surface area contributed by atoms with Gasteiger partial charge in [-0.1, -0.05) is 26.0 Å². The first kappa shape index (κ1) is 14.6. The molecule has 2 aromatic rings. The van der Waals surface area contributed by atoms with Crippen LogP contribution in [0.2, 0.25) is 0 Å². The predicted molar refractivity (Wildman–Crippen MR) is 80.4 cm³/mol. The monoisotopic (exact) mass is 275 g/mol. The summed E-state index contributed by atoms with van der Waals surface area (Å²) in [6.45, 7) is 8.09.